The van der Waals surface area contributed by atoms with Crippen molar-refractivity contribution in [2.24, 2.45) is 0 Å². The molecule has 1 aromatic carbocycles. The maximum atomic E-state index is 5.68. The van der Waals surface area contributed by atoms with Gasteiger partial charge in [0.25, 0.3) is 0 Å². The number of aromatic nitrogens is 1. The lowest BCUT2D eigenvalue weighted by Gasteiger charge is -2.29. The summed E-state index contributed by atoms with van der Waals surface area (Å²) >= 11 is 0. The molecule has 0 bridgehead atoms. The van der Waals surface area contributed by atoms with Crippen molar-refractivity contribution in [3.05, 3.63) is 42.1 Å². The summed E-state index contributed by atoms with van der Waals surface area (Å²) in [6, 6.07) is 11.4. The first-order valence-corrected chi connectivity index (χ1v) is 8.99. The molecule has 1 fully saturated rings. The van der Waals surface area contributed by atoms with Gasteiger partial charge in [-0.05, 0) is 62.6 Å². The average molecular weight is 413 g/mol. The van der Waals surface area contributed by atoms with Gasteiger partial charge < -0.3 is 21.1 Å². The molecule has 150 valence electrons. The molecule has 1 aromatic heterocycles. The van der Waals surface area contributed by atoms with E-state index in [1.807, 2.05) is 24.4 Å². The average Bonchev–Trinajstić information content (AvgIpc) is 2.67. The smallest absolute Gasteiger partial charge is 0.123 e. The topological polar surface area (TPSA) is 72.2 Å². The lowest BCUT2D eigenvalue weighted by atomic mass is 9.91. The highest BCUT2D eigenvalue weighted by molar-refractivity contribution is 5.85. The summed E-state index contributed by atoms with van der Waals surface area (Å²) in [7, 11) is 3.78. The molecule has 0 saturated heterocycles. The second-order valence-corrected chi connectivity index (χ2v) is 6.72. The van der Waals surface area contributed by atoms with E-state index < -0.39 is 0 Å². The molecule has 7 heteroatoms. The molecule has 1 heterocycles. The van der Waals surface area contributed by atoms with E-state index in [2.05, 4.69) is 34.8 Å². The number of nitrogens with two attached hydrogens (primary N) is 1. The summed E-state index contributed by atoms with van der Waals surface area (Å²) in [4.78, 5) is 4.19. The Morgan fingerprint density at radius 3 is 2.30 bits per heavy atom. The fourth-order valence-corrected chi connectivity index (χ4v) is 3.51. The minimum atomic E-state index is 0. The van der Waals surface area contributed by atoms with Crippen LogP contribution in [0.5, 0.6) is 5.75 Å². The molecule has 4 N–H and O–H groups in total. The molecular formula is C20H30Cl2N4O. The van der Waals surface area contributed by atoms with Crippen LogP contribution in [0, 0.1) is 0 Å². The van der Waals surface area contributed by atoms with Crippen molar-refractivity contribution in [2.75, 3.05) is 19.9 Å². The molecule has 0 spiro atoms. The molecule has 1 saturated carbocycles. The van der Waals surface area contributed by atoms with Crippen molar-refractivity contribution in [3.8, 4) is 16.9 Å². The Hall–Kier alpha value is -1.53. The molecule has 0 unspecified atom stereocenters. The largest absolute Gasteiger partial charge is 0.496 e. The van der Waals surface area contributed by atoms with Gasteiger partial charge >= 0.3 is 0 Å². The van der Waals surface area contributed by atoms with Gasteiger partial charge in [0, 0.05) is 36.0 Å². The number of pyridine rings is 1. The molecule has 1 aliphatic rings. The predicted molar refractivity (Wildman–Crippen MR) is 117 cm³/mol. The van der Waals surface area contributed by atoms with E-state index in [0.717, 1.165) is 23.4 Å². The second-order valence-electron chi connectivity index (χ2n) is 6.72. The first-order chi connectivity index (χ1) is 12.2. The van der Waals surface area contributed by atoms with Gasteiger partial charge in [-0.3, -0.25) is 0 Å². The van der Waals surface area contributed by atoms with Gasteiger partial charge in [-0.1, -0.05) is 6.07 Å². The highest BCUT2D eigenvalue weighted by Gasteiger charge is 2.19. The van der Waals surface area contributed by atoms with Crippen molar-refractivity contribution in [2.45, 2.75) is 44.3 Å². The van der Waals surface area contributed by atoms with Gasteiger partial charge in [-0.15, -0.1) is 24.8 Å². The summed E-state index contributed by atoms with van der Waals surface area (Å²) in [6.07, 6.45) is 6.73. The molecule has 0 radical (unpaired) electrons. The van der Waals surface area contributed by atoms with Gasteiger partial charge in [0.1, 0.15) is 11.6 Å². The van der Waals surface area contributed by atoms with Crippen LogP contribution >= 0.6 is 24.8 Å². The number of nitrogens with zero attached hydrogens (tertiary/aromatic N) is 1. The molecule has 1 aliphatic carbocycles. The van der Waals surface area contributed by atoms with Crippen LogP contribution in [-0.2, 0) is 6.54 Å². The van der Waals surface area contributed by atoms with Crippen LogP contribution in [0.1, 0.15) is 31.2 Å². The van der Waals surface area contributed by atoms with Crippen molar-refractivity contribution >= 4 is 30.6 Å². The van der Waals surface area contributed by atoms with Crippen molar-refractivity contribution < 1.29 is 4.74 Å². The van der Waals surface area contributed by atoms with Crippen molar-refractivity contribution in [1.29, 1.82) is 0 Å². The number of methoxy groups -OCH3 is 1. The van der Waals surface area contributed by atoms with Gasteiger partial charge in [-0.2, -0.15) is 0 Å². The van der Waals surface area contributed by atoms with E-state index in [9.17, 15) is 0 Å². The van der Waals surface area contributed by atoms with Crippen LogP contribution in [0.15, 0.2) is 36.5 Å². The zero-order chi connectivity index (χ0) is 17.6. The normalized spacial score (nSPS) is 18.9. The maximum Gasteiger partial charge on any atom is 0.123 e. The Kier molecular flexibility index (Phi) is 9.88. The lowest BCUT2D eigenvalue weighted by molar-refractivity contribution is 0.315. The van der Waals surface area contributed by atoms with E-state index in [-0.39, 0.29) is 24.8 Å². The second kappa shape index (κ2) is 11.3. The van der Waals surface area contributed by atoms with E-state index in [0.29, 0.717) is 17.9 Å². The molecule has 5 nitrogen and oxygen atoms in total. The zero-order valence-electron chi connectivity index (χ0n) is 15.9. The van der Waals surface area contributed by atoms with Crippen LogP contribution in [0.3, 0.4) is 0 Å². The van der Waals surface area contributed by atoms with Crippen molar-refractivity contribution in [3.63, 3.8) is 0 Å². The summed E-state index contributed by atoms with van der Waals surface area (Å²) in [6.45, 7) is 0.814. The fraction of sp³-hybridized carbons (Fsp3) is 0.450. The molecule has 0 amide bonds. The number of rotatable bonds is 6. The van der Waals surface area contributed by atoms with Crippen molar-refractivity contribution in [1.82, 2.24) is 15.6 Å². The van der Waals surface area contributed by atoms with Gasteiger partial charge in [0.15, 0.2) is 0 Å². The monoisotopic (exact) mass is 412 g/mol. The first kappa shape index (κ1) is 23.5. The molecular weight excluding hydrogens is 383 g/mol. The summed E-state index contributed by atoms with van der Waals surface area (Å²) < 4.78 is 5.54. The molecule has 2 aromatic rings. The van der Waals surface area contributed by atoms with Gasteiger partial charge in [0.2, 0.25) is 0 Å². The SMILES string of the molecule is CNC1CCC(NCc2cc(-c3ccc(N)nc3)ccc2OC)CC1.Cl.Cl. The molecule has 0 aliphatic heterocycles. The number of halogens is 2. The summed E-state index contributed by atoms with van der Waals surface area (Å²) in [5, 5.41) is 7.09. The Labute approximate surface area is 174 Å². The quantitative estimate of drug-likeness (QED) is 0.672. The number of benzene rings is 1. The Balaban J connectivity index is 0.00000182. The Bertz CT molecular complexity index is 689. The highest BCUT2D eigenvalue weighted by atomic mass is 35.5. The van der Waals surface area contributed by atoms with Crippen LogP contribution in [0.25, 0.3) is 11.1 Å². The summed E-state index contributed by atoms with van der Waals surface area (Å²) in [5.74, 6) is 1.46. The van der Waals surface area contributed by atoms with E-state index in [4.69, 9.17) is 10.5 Å². The Morgan fingerprint density at radius 2 is 1.70 bits per heavy atom. The number of hydrogen-bond donors (Lipinski definition) is 3. The minimum Gasteiger partial charge on any atom is -0.496 e. The van der Waals surface area contributed by atoms with E-state index in [1.165, 1.54) is 31.2 Å². The van der Waals surface area contributed by atoms with Crippen LogP contribution in [-0.4, -0.2) is 31.2 Å². The van der Waals surface area contributed by atoms with Crippen LogP contribution < -0.4 is 21.1 Å². The van der Waals surface area contributed by atoms with Gasteiger partial charge in [-0.25, -0.2) is 4.98 Å². The lowest BCUT2D eigenvalue weighted by Crippen LogP contribution is -2.38. The third kappa shape index (κ3) is 6.25. The minimum absolute atomic E-state index is 0. The molecule has 0 atom stereocenters. The third-order valence-electron chi connectivity index (χ3n) is 5.12. The highest BCUT2D eigenvalue weighted by Crippen LogP contribution is 2.27. The van der Waals surface area contributed by atoms with Crippen LogP contribution in [0.4, 0.5) is 5.82 Å². The number of nitrogen functional groups attached to an aromatic ring is 1. The predicted octanol–water partition coefficient (Wildman–Crippen LogP) is 3.80. The number of anilines is 1. The number of nitrogens with one attached hydrogen (secondary N) is 2. The maximum absolute atomic E-state index is 5.68. The van der Waals surface area contributed by atoms with E-state index in [1.54, 1.807) is 7.11 Å². The standard InChI is InChI=1S/C20H28N4O.2ClH/c1-22-17-5-7-18(8-6-17)23-13-16-11-14(3-9-19(16)25-2)15-4-10-20(21)24-12-15;;/h3-4,9-12,17-18,22-23H,5-8,13H2,1-2H3,(H2,21,24);2*1H. The van der Waals surface area contributed by atoms with Gasteiger partial charge in [0.05, 0.1) is 7.11 Å². The molecule has 3 rings (SSSR count). The summed E-state index contributed by atoms with van der Waals surface area (Å²) in [5.41, 5.74) is 9.05. The number of ether oxygens (including phenoxy) is 1. The van der Waals surface area contributed by atoms with Crippen LogP contribution in [0.2, 0.25) is 0 Å². The zero-order valence-corrected chi connectivity index (χ0v) is 17.5. The third-order valence-corrected chi connectivity index (χ3v) is 5.12. The number of hydrogen-bond acceptors (Lipinski definition) is 5. The molecule has 27 heavy (non-hydrogen) atoms. The first-order valence-electron chi connectivity index (χ1n) is 8.99. The Morgan fingerprint density at radius 1 is 1.04 bits per heavy atom. The van der Waals surface area contributed by atoms with E-state index >= 15 is 0 Å². The fourth-order valence-electron chi connectivity index (χ4n) is 3.51.